The molecule has 1 aliphatic carbocycles. The molecule has 0 spiro atoms. The van der Waals surface area contributed by atoms with E-state index in [1.807, 2.05) is 17.5 Å². The lowest BCUT2D eigenvalue weighted by Gasteiger charge is -2.49. The summed E-state index contributed by atoms with van der Waals surface area (Å²) in [4.78, 5) is 79.7. The number of carbonyl (C=O) groups is 5. The molecule has 2 atom stereocenters. The minimum atomic E-state index is -1.65. The highest BCUT2D eigenvalue weighted by Gasteiger charge is 2.54. The van der Waals surface area contributed by atoms with Crippen LogP contribution >= 0.6 is 23.1 Å². The predicted molar refractivity (Wildman–Crippen MR) is 178 cm³/mol. The highest BCUT2D eigenvalue weighted by atomic mass is 32.2. The van der Waals surface area contributed by atoms with Gasteiger partial charge in [0.2, 0.25) is 17.2 Å². The number of hydrogen-bond acceptors (Lipinski definition) is 11. The van der Waals surface area contributed by atoms with Crippen molar-refractivity contribution in [1.82, 2.24) is 19.7 Å². The molecule has 7 rings (SSSR count). The second kappa shape index (κ2) is 13.3. The Morgan fingerprint density at radius 3 is 2.48 bits per heavy atom. The van der Waals surface area contributed by atoms with Crippen LogP contribution in [0.4, 0.5) is 19.7 Å². The van der Waals surface area contributed by atoms with Crippen molar-refractivity contribution in [1.29, 1.82) is 0 Å². The number of benzene rings is 1. The van der Waals surface area contributed by atoms with Crippen LogP contribution in [0.15, 0.2) is 52.1 Å². The molecule has 1 saturated carbocycles. The number of thioether (sulfide) groups is 1. The van der Waals surface area contributed by atoms with Crippen molar-refractivity contribution >= 4 is 69.7 Å². The first kappa shape index (κ1) is 33.4. The number of aromatic nitrogens is 1. The Morgan fingerprint density at radius 2 is 1.82 bits per heavy atom. The second-order valence-corrected chi connectivity index (χ2v) is 14.3. The van der Waals surface area contributed by atoms with Gasteiger partial charge in [-0.15, -0.1) is 23.1 Å². The number of halogens is 1. The summed E-state index contributed by atoms with van der Waals surface area (Å²) in [5, 5.41) is 22.8. The Morgan fingerprint density at radius 1 is 1.06 bits per heavy atom. The lowest BCUT2D eigenvalue weighted by Crippen LogP contribution is -2.70. The molecule has 3 amide bonds. The van der Waals surface area contributed by atoms with Gasteiger partial charge >= 0.3 is 18.2 Å². The van der Waals surface area contributed by atoms with Crippen LogP contribution in [0.1, 0.15) is 34.1 Å². The van der Waals surface area contributed by atoms with Crippen molar-refractivity contribution in [3.63, 3.8) is 0 Å². The van der Waals surface area contributed by atoms with Gasteiger partial charge < -0.3 is 39.4 Å². The van der Waals surface area contributed by atoms with Crippen molar-refractivity contribution in [3.8, 4) is 0 Å². The molecule has 3 aromatic rings. The maximum absolute atomic E-state index is 15.4. The van der Waals surface area contributed by atoms with E-state index in [1.54, 1.807) is 15.5 Å². The maximum atomic E-state index is 15.4. The van der Waals surface area contributed by atoms with Gasteiger partial charge in [0.05, 0.1) is 17.6 Å². The van der Waals surface area contributed by atoms with Crippen LogP contribution < -0.4 is 15.6 Å². The molecular formula is C32H30FN5O10S2. The molecule has 262 valence electrons. The van der Waals surface area contributed by atoms with Gasteiger partial charge in [0.15, 0.2) is 0 Å². The number of hydrogen-bond donors (Lipinski definition) is 3. The number of rotatable bonds is 9. The summed E-state index contributed by atoms with van der Waals surface area (Å²) in [5.41, 5.74) is -0.243. The van der Waals surface area contributed by atoms with E-state index in [9.17, 15) is 39.0 Å². The number of nitrogens with one attached hydrogen (secondary N) is 1. The highest BCUT2D eigenvalue weighted by molar-refractivity contribution is 8.00. The van der Waals surface area contributed by atoms with E-state index in [0.29, 0.717) is 5.52 Å². The fourth-order valence-electron chi connectivity index (χ4n) is 6.28. The summed E-state index contributed by atoms with van der Waals surface area (Å²) in [6, 6.07) is 5.40. The quantitative estimate of drug-likeness (QED) is 0.216. The van der Waals surface area contributed by atoms with Crippen molar-refractivity contribution in [2.24, 2.45) is 0 Å². The number of piperazine rings is 1. The van der Waals surface area contributed by atoms with Gasteiger partial charge in [0.25, 0.3) is 5.91 Å². The molecular weight excluding hydrogens is 698 g/mol. The monoisotopic (exact) mass is 727 g/mol. The third-order valence-electron chi connectivity index (χ3n) is 8.93. The lowest BCUT2D eigenvalue weighted by molar-refractivity contribution is -0.149. The van der Waals surface area contributed by atoms with E-state index in [-0.39, 0.29) is 79.4 Å². The lowest BCUT2D eigenvalue weighted by atomic mass is 10.1. The Balaban J connectivity index is 0.989. The van der Waals surface area contributed by atoms with E-state index in [2.05, 4.69) is 5.32 Å². The molecule has 2 saturated heterocycles. The number of aromatic carboxylic acids is 1. The van der Waals surface area contributed by atoms with Crippen molar-refractivity contribution in [2.45, 2.75) is 36.7 Å². The number of pyridine rings is 1. The molecule has 15 nitrogen and oxygen atoms in total. The van der Waals surface area contributed by atoms with Crippen LogP contribution in [0.2, 0.25) is 0 Å². The standard InChI is InChI=1S/C32H30FN5O10S2/c33-21-11-19-22(37(17-3-4-17)13-20(26(19)40)30(42)43)12-23(21)35-5-7-36(8-6-35)31(44)47-14-16-15-50-29-25(27(41)38(29)28(16)48-32(45)46)34-24(39)10-18-2-1-9-49-18/h1-2,9,11-13,17,25,29H,3-8,10,14-15H2,(H,34,39)(H,42,43)(H,45,46)/t25-,29-/m1/s1. The fourth-order valence-corrected chi connectivity index (χ4v) is 8.29. The van der Waals surface area contributed by atoms with Crippen molar-refractivity contribution in [3.05, 3.63) is 73.8 Å². The molecule has 0 radical (unpaired) electrons. The first-order valence-electron chi connectivity index (χ1n) is 15.7. The Hall–Kier alpha value is -5.10. The smallest absolute Gasteiger partial charge is 0.477 e. The third-order valence-corrected chi connectivity index (χ3v) is 11.1. The summed E-state index contributed by atoms with van der Waals surface area (Å²) >= 11 is 2.69. The first-order valence-corrected chi connectivity index (χ1v) is 17.6. The number of amides is 3. The number of anilines is 1. The number of nitrogens with zero attached hydrogens (tertiary/aromatic N) is 4. The highest BCUT2D eigenvalue weighted by Crippen LogP contribution is 2.41. The summed E-state index contributed by atoms with van der Waals surface area (Å²) in [5.74, 6) is -3.02. The van der Waals surface area contributed by atoms with Gasteiger partial charge in [-0.05, 0) is 36.4 Å². The molecule has 0 bridgehead atoms. The summed E-state index contributed by atoms with van der Waals surface area (Å²) < 4.78 is 27.6. The van der Waals surface area contributed by atoms with Crippen molar-refractivity contribution in [2.75, 3.05) is 43.4 Å². The minimum Gasteiger partial charge on any atom is -0.477 e. The molecule has 4 aliphatic rings. The fraction of sp³-hybridized carbons (Fsp3) is 0.375. The molecule has 0 unspecified atom stereocenters. The molecule has 50 heavy (non-hydrogen) atoms. The zero-order chi connectivity index (χ0) is 35.3. The summed E-state index contributed by atoms with van der Waals surface area (Å²) in [6.45, 7) is 0.434. The molecule has 3 N–H and O–H groups in total. The van der Waals surface area contributed by atoms with Gasteiger partial charge in [0.1, 0.15) is 29.4 Å². The largest absolute Gasteiger partial charge is 0.512 e. The van der Waals surface area contributed by atoms with Gasteiger partial charge in [-0.3, -0.25) is 19.3 Å². The molecule has 3 aliphatic heterocycles. The van der Waals surface area contributed by atoms with E-state index in [1.165, 1.54) is 34.2 Å². The number of carbonyl (C=O) groups excluding carboxylic acids is 3. The second-order valence-electron chi connectivity index (χ2n) is 12.2. The number of carboxylic acid groups (broad SMARTS) is 2. The first-order chi connectivity index (χ1) is 24.0. The molecule has 5 heterocycles. The molecule has 18 heteroatoms. The van der Waals surface area contributed by atoms with E-state index in [4.69, 9.17) is 9.47 Å². The third kappa shape index (κ3) is 6.35. The average molecular weight is 728 g/mol. The van der Waals surface area contributed by atoms with Crippen LogP contribution in [0, 0.1) is 5.82 Å². The Labute approximate surface area is 290 Å². The number of ether oxygens (including phenoxy) is 2. The normalized spacial score (nSPS) is 20.3. The van der Waals surface area contributed by atoms with E-state index in [0.717, 1.165) is 28.7 Å². The molecule has 1 aromatic carbocycles. The van der Waals surface area contributed by atoms with Gasteiger partial charge in [-0.1, -0.05) is 6.07 Å². The topological polar surface area (TPSA) is 188 Å². The van der Waals surface area contributed by atoms with E-state index >= 15 is 4.39 Å². The number of carboxylic acids is 1. The number of thiophene rings is 1. The van der Waals surface area contributed by atoms with Crippen LogP contribution in [0.3, 0.4) is 0 Å². The molecule has 2 aromatic heterocycles. The van der Waals surface area contributed by atoms with Crippen LogP contribution in [-0.2, 0) is 25.5 Å². The Kier molecular flexibility index (Phi) is 8.89. The van der Waals surface area contributed by atoms with E-state index < -0.39 is 52.4 Å². The number of fused-ring (bicyclic) bond motifs is 2. The van der Waals surface area contributed by atoms with Crippen molar-refractivity contribution < 1.29 is 48.0 Å². The SMILES string of the molecule is O=C(Cc1cccs1)N[C@@H]1C(=O)N2C(OC(=O)O)=C(COC(=O)N3CCN(c4cc5c(cc4F)c(=O)c(C(=O)O)cn5C4CC4)CC3)CS[C@H]12. The van der Waals surface area contributed by atoms with Gasteiger partial charge in [-0.2, -0.15) is 0 Å². The summed E-state index contributed by atoms with van der Waals surface area (Å²) in [6.07, 6.45) is 0.700. The van der Waals surface area contributed by atoms with Crippen LogP contribution in [0.25, 0.3) is 10.9 Å². The van der Waals surface area contributed by atoms with Gasteiger partial charge in [-0.25, -0.2) is 18.8 Å². The minimum absolute atomic E-state index is 0.0117. The number of β-lactam (4-membered cyclic amide) rings is 1. The summed E-state index contributed by atoms with van der Waals surface area (Å²) in [7, 11) is 0. The molecule has 3 fully saturated rings. The maximum Gasteiger partial charge on any atom is 0.512 e. The van der Waals surface area contributed by atoms with Crippen LogP contribution in [-0.4, -0.2) is 105 Å². The van der Waals surface area contributed by atoms with Crippen LogP contribution in [0.5, 0.6) is 0 Å². The predicted octanol–water partition coefficient (Wildman–Crippen LogP) is 3.04. The zero-order valence-electron chi connectivity index (χ0n) is 26.2. The zero-order valence-corrected chi connectivity index (χ0v) is 27.8. The van der Waals surface area contributed by atoms with Gasteiger partial charge in [0, 0.05) is 60.0 Å². The Bertz CT molecular complexity index is 2010. The average Bonchev–Trinajstić information content (AvgIpc) is 3.81.